The molecule has 2 aromatic rings. The first-order valence-corrected chi connectivity index (χ1v) is 15.2. The highest BCUT2D eigenvalue weighted by Gasteiger charge is 2.30. The van der Waals surface area contributed by atoms with Crippen LogP contribution in [0.25, 0.3) is 0 Å². The van der Waals surface area contributed by atoms with E-state index in [2.05, 4.69) is 20.9 Å². The molecule has 1 unspecified atom stereocenters. The lowest BCUT2D eigenvalue weighted by molar-refractivity contribution is -0.141. The van der Waals surface area contributed by atoms with Crippen molar-refractivity contribution in [1.29, 1.82) is 0 Å². The Hall–Kier alpha value is -4.42. The molecule has 1 heterocycles. The van der Waals surface area contributed by atoms with Crippen LogP contribution in [0.15, 0.2) is 47.4 Å². The summed E-state index contributed by atoms with van der Waals surface area (Å²) in [4.78, 5) is 69.3. The fraction of sp³-hybridized carbons (Fsp3) is 0.562. The number of nitrogens with zero attached hydrogens (tertiary/aromatic N) is 3. The molecule has 0 spiro atoms. The van der Waals surface area contributed by atoms with Crippen LogP contribution in [0.1, 0.15) is 66.9 Å². The Labute approximate surface area is 265 Å². The highest BCUT2D eigenvalue weighted by atomic mass is 16.6. The SMILES string of the molecule is CC(C)CCN(C(=O)Cn1ccc(NC(=O)OCc2ccccc2)nc1=O)C(CC(C)C)C(=O)NCCNC(=O)OC(C)(C)C. The van der Waals surface area contributed by atoms with Crippen LogP contribution in [0.2, 0.25) is 0 Å². The largest absolute Gasteiger partial charge is 0.444 e. The van der Waals surface area contributed by atoms with E-state index in [9.17, 15) is 24.0 Å². The maximum atomic E-state index is 13.6. The monoisotopic (exact) mass is 628 g/mol. The minimum Gasteiger partial charge on any atom is -0.444 e. The smallest absolute Gasteiger partial charge is 0.413 e. The maximum Gasteiger partial charge on any atom is 0.413 e. The van der Waals surface area contributed by atoms with Crippen LogP contribution in [-0.2, 0) is 32.2 Å². The van der Waals surface area contributed by atoms with Crippen molar-refractivity contribution >= 4 is 29.8 Å². The lowest BCUT2D eigenvalue weighted by Gasteiger charge is -2.33. The molecule has 0 saturated heterocycles. The summed E-state index contributed by atoms with van der Waals surface area (Å²) in [5, 5.41) is 7.83. The molecule has 0 saturated carbocycles. The summed E-state index contributed by atoms with van der Waals surface area (Å²) >= 11 is 0. The van der Waals surface area contributed by atoms with Gasteiger partial charge < -0.3 is 25.0 Å². The van der Waals surface area contributed by atoms with Crippen molar-refractivity contribution in [3.63, 3.8) is 0 Å². The number of hydrogen-bond donors (Lipinski definition) is 3. The van der Waals surface area contributed by atoms with Gasteiger partial charge in [-0.05, 0) is 57.1 Å². The second kappa shape index (κ2) is 17.8. The number of aromatic nitrogens is 2. The van der Waals surface area contributed by atoms with Gasteiger partial charge in [0.25, 0.3) is 0 Å². The normalized spacial score (nSPS) is 11.9. The van der Waals surface area contributed by atoms with E-state index < -0.39 is 35.4 Å². The topological polar surface area (TPSA) is 161 Å². The van der Waals surface area contributed by atoms with E-state index in [1.165, 1.54) is 17.2 Å². The van der Waals surface area contributed by atoms with Gasteiger partial charge >= 0.3 is 17.9 Å². The number of ether oxygens (including phenoxy) is 2. The van der Waals surface area contributed by atoms with Gasteiger partial charge in [0.15, 0.2) is 0 Å². The molecule has 0 bridgehead atoms. The first-order chi connectivity index (χ1) is 21.1. The Morgan fingerprint density at radius 3 is 2.20 bits per heavy atom. The van der Waals surface area contributed by atoms with Crippen molar-refractivity contribution in [3.8, 4) is 0 Å². The van der Waals surface area contributed by atoms with Crippen LogP contribution in [0, 0.1) is 11.8 Å². The van der Waals surface area contributed by atoms with E-state index in [0.29, 0.717) is 19.4 Å². The predicted molar refractivity (Wildman–Crippen MR) is 170 cm³/mol. The van der Waals surface area contributed by atoms with Gasteiger partial charge in [0.05, 0.1) is 0 Å². The molecule has 3 N–H and O–H groups in total. The third kappa shape index (κ3) is 14.3. The van der Waals surface area contributed by atoms with Crippen LogP contribution >= 0.6 is 0 Å². The highest BCUT2D eigenvalue weighted by Crippen LogP contribution is 2.16. The van der Waals surface area contributed by atoms with Crippen LogP contribution in [0.3, 0.4) is 0 Å². The fourth-order valence-corrected chi connectivity index (χ4v) is 4.18. The predicted octanol–water partition coefficient (Wildman–Crippen LogP) is 3.92. The van der Waals surface area contributed by atoms with Gasteiger partial charge in [-0.25, -0.2) is 14.4 Å². The maximum absolute atomic E-state index is 13.6. The number of benzene rings is 1. The van der Waals surface area contributed by atoms with Crippen LogP contribution in [0.4, 0.5) is 15.4 Å². The third-order valence-corrected chi connectivity index (χ3v) is 6.36. The second-order valence-corrected chi connectivity index (χ2v) is 12.5. The lowest BCUT2D eigenvalue weighted by atomic mass is 10.00. The summed E-state index contributed by atoms with van der Waals surface area (Å²) in [6.07, 6.45) is 1.04. The summed E-state index contributed by atoms with van der Waals surface area (Å²) < 4.78 is 11.5. The number of anilines is 1. The van der Waals surface area contributed by atoms with E-state index in [1.54, 1.807) is 20.8 Å². The first-order valence-electron chi connectivity index (χ1n) is 15.2. The first kappa shape index (κ1) is 36.8. The summed E-state index contributed by atoms with van der Waals surface area (Å²) in [6.45, 7) is 13.5. The molecule has 0 aliphatic heterocycles. The van der Waals surface area contributed by atoms with Crippen molar-refractivity contribution in [3.05, 3.63) is 58.6 Å². The molecule has 1 aromatic heterocycles. The van der Waals surface area contributed by atoms with Crippen molar-refractivity contribution < 1.29 is 28.7 Å². The quantitative estimate of drug-likeness (QED) is 0.250. The van der Waals surface area contributed by atoms with Gasteiger partial charge in [0.1, 0.15) is 30.6 Å². The van der Waals surface area contributed by atoms with Gasteiger partial charge in [-0.15, -0.1) is 0 Å². The minimum atomic E-state index is -0.790. The van der Waals surface area contributed by atoms with Gasteiger partial charge in [0.2, 0.25) is 11.8 Å². The van der Waals surface area contributed by atoms with Crippen molar-refractivity contribution in [2.24, 2.45) is 11.8 Å². The Balaban J connectivity index is 2.09. The zero-order valence-electron chi connectivity index (χ0n) is 27.4. The molecule has 13 heteroatoms. The molecule has 45 heavy (non-hydrogen) atoms. The molecular formula is C32H48N6O7. The van der Waals surface area contributed by atoms with E-state index in [0.717, 1.165) is 10.1 Å². The number of amides is 4. The van der Waals surface area contributed by atoms with Crippen molar-refractivity contribution in [1.82, 2.24) is 25.1 Å². The number of carbonyl (C=O) groups is 4. The molecule has 4 amide bonds. The fourth-order valence-electron chi connectivity index (χ4n) is 4.18. The third-order valence-electron chi connectivity index (χ3n) is 6.36. The Morgan fingerprint density at radius 1 is 0.933 bits per heavy atom. The van der Waals surface area contributed by atoms with Gasteiger partial charge in [-0.3, -0.25) is 19.5 Å². The number of nitrogens with one attached hydrogen (secondary N) is 3. The number of alkyl carbamates (subject to hydrolysis) is 1. The van der Waals surface area contributed by atoms with E-state index in [4.69, 9.17) is 9.47 Å². The van der Waals surface area contributed by atoms with Crippen molar-refractivity contribution in [2.45, 2.75) is 86.1 Å². The highest BCUT2D eigenvalue weighted by molar-refractivity contribution is 5.87. The Bertz CT molecular complexity index is 1320. The molecule has 0 radical (unpaired) electrons. The molecule has 1 aromatic carbocycles. The van der Waals surface area contributed by atoms with Gasteiger partial charge in [-0.2, -0.15) is 4.98 Å². The zero-order chi connectivity index (χ0) is 33.6. The average molecular weight is 629 g/mol. The summed E-state index contributed by atoms with van der Waals surface area (Å²) in [6, 6.07) is 9.74. The van der Waals surface area contributed by atoms with E-state index >= 15 is 0 Å². The molecule has 0 aliphatic rings. The Kier molecular flexibility index (Phi) is 14.5. The van der Waals surface area contributed by atoms with E-state index in [-0.39, 0.29) is 49.8 Å². The molecule has 13 nitrogen and oxygen atoms in total. The molecule has 0 aliphatic carbocycles. The zero-order valence-corrected chi connectivity index (χ0v) is 27.4. The lowest BCUT2D eigenvalue weighted by Crippen LogP contribution is -2.53. The number of rotatable bonds is 15. The van der Waals surface area contributed by atoms with Gasteiger partial charge in [-0.1, -0.05) is 58.0 Å². The molecular weight excluding hydrogens is 580 g/mol. The average Bonchev–Trinajstić information content (AvgIpc) is 2.94. The second-order valence-electron chi connectivity index (χ2n) is 12.5. The van der Waals surface area contributed by atoms with Crippen LogP contribution in [0.5, 0.6) is 0 Å². The van der Waals surface area contributed by atoms with Gasteiger partial charge in [0, 0.05) is 25.8 Å². The van der Waals surface area contributed by atoms with Crippen LogP contribution in [-0.4, -0.2) is 69.7 Å². The minimum absolute atomic E-state index is 0.0181. The molecule has 1 atom stereocenters. The molecule has 2 rings (SSSR count). The molecule has 0 fully saturated rings. The standard InChI is InChI=1S/C32H48N6O7/c1-22(2)13-18-38(25(19-23(3)4)28(40)33-15-16-34-30(42)45-32(5,6)7)27(39)20-37-17-14-26(35-29(37)41)36-31(43)44-21-24-11-9-8-10-12-24/h8-12,14,17,22-23,25H,13,15-16,18-21H2,1-7H3,(H,33,40)(H,34,42)(H,35,36,41,43). The Morgan fingerprint density at radius 2 is 1.60 bits per heavy atom. The summed E-state index contributed by atoms with van der Waals surface area (Å²) in [5.74, 6) is -0.444. The number of carbonyl (C=O) groups excluding carboxylic acids is 4. The molecule has 248 valence electrons. The summed E-state index contributed by atoms with van der Waals surface area (Å²) in [5.41, 5.74) is -0.583. The number of hydrogen-bond acceptors (Lipinski definition) is 8. The van der Waals surface area contributed by atoms with E-state index in [1.807, 2.05) is 58.0 Å². The van der Waals surface area contributed by atoms with Crippen LogP contribution < -0.4 is 21.6 Å². The summed E-state index contributed by atoms with van der Waals surface area (Å²) in [7, 11) is 0. The van der Waals surface area contributed by atoms with Crippen molar-refractivity contribution in [2.75, 3.05) is 25.0 Å².